The molecule has 0 aromatic rings. The van der Waals surface area contributed by atoms with Gasteiger partial charge in [0.15, 0.2) is 0 Å². The summed E-state index contributed by atoms with van der Waals surface area (Å²) >= 11 is -1.84. The van der Waals surface area contributed by atoms with Crippen LogP contribution in [0, 0.1) is 0 Å². The van der Waals surface area contributed by atoms with Gasteiger partial charge in [-0.1, -0.05) is 0 Å². The van der Waals surface area contributed by atoms with Crippen LogP contribution in [0.2, 0.25) is 0 Å². The van der Waals surface area contributed by atoms with Crippen LogP contribution in [-0.4, -0.2) is 13.2 Å². The Labute approximate surface area is 106 Å². The van der Waals surface area contributed by atoms with Gasteiger partial charge < -0.3 is 0 Å². The van der Waals surface area contributed by atoms with E-state index >= 15 is 0 Å². The molecular weight excluding hydrogens is 236 g/mol. The van der Waals surface area contributed by atoms with Crippen LogP contribution in [0.3, 0.4) is 0 Å². The molecule has 1 aliphatic rings. The second kappa shape index (κ2) is 9.18. The van der Waals surface area contributed by atoms with Crippen LogP contribution in [0.4, 0.5) is 0 Å². The molecule has 2 nitrogen and oxygen atoms in total. The molecule has 0 aromatic carbocycles. The summed E-state index contributed by atoms with van der Waals surface area (Å²) in [5.41, 5.74) is 0. The van der Waals surface area contributed by atoms with Gasteiger partial charge in [-0.05, 0) is 0 Å². The molecule has 0 aromatic heterocycles. The summed E-state index contributed by atoms with van der Waals surface area (Å²) in [6.07, 6.45) is 12.2. The number of rotatable bonds is 9. The molecule has 0 amide bonds. The predicted octanol–water partition coefficient (Wildman–Crippen LogP) is 3.91. The van der Waals surface area contributed by atoms with Gasteiger partial charge in [0.1, 0.15) is 0 Å². The van der Waals surface area contributed by atoms with E-state index in [0.717, 1.165) is 32.5 Å². The summed E-state index contributed by atoms with van der Waals surface area (Å²) in [5, 5.41) is 0. The summed E-state index contributed by atoms with van der Waals surface area (Å²) in [7, 11) is 0. The summed E-state index contributed by atoms with van der Waals surface area (Å²) in [6, 6.07) is 0. The minimum absolute atomic E-state index is 0.870. The Hall–Kier alpha value is 0.114. The first-order chi connectivity index (χ1) is 7.88. The summed E-state index contributed by atoms with van der Waals surface area (Å²) < 4.78 is 13.3. The van der Waals surface area contributed by atoms with Crippen LogP contribution in [0.1, 0.15) is 46.0 Å². The van der Waals surface area contributed by atoms with Gasteiger partial charge >= 0.3 is 107 Å². The standard InChI is InChI=1S/C5H5.2C4H9O.Ti/c1-2-4-5-3-1;2*1-2-3-4-5;/h1-3H,4H2;2*2-4H2,1H3;/q;2*-1;+2. The molecule has 0 fully saturated rings. The van der Waals surface area contributed by atoms with Crippen molar-refractivity contribution < 1.29 is 25.3 Å². The zero-order chi connectivity index (χ0) is 11.6. The minimum atomic E-state index is -1.84. The monoisotopic (exact) mass is 259 g/mol. The van der Waals surface area contributed by atoms with E-state index in [2.05, 4.69) is 32.1 Å². The maximum absolute atomic E-state index is 5.95. The molecule has 0 bridgehead atoms. The molecule has 0 atom stereocenters. The number of unbranched alkanes of at least 4 members (excludes halogenated alkanes) is 2. The van der Waals surface area contributed by atoms with Crippen LogP contribution >= 0.6 is 0 Å². The van der Waals surface area contributed by atoms with E-state index in [9.17, 15) is 0 Å². The van der Waals surface area contributed by atoms with Crippen LogP contribution in [0.25, 0.3) is 0 Å². The predicted molar refractivity (Wildman–Crippen MR) is 63.6 cm³/mol. The molecule has 16 heavy (non-hydrogen) atoms. The average Bonchev–Trinajstić information content (AvgIpc) is 2.81. The van der Waals surface area contributed by atoms with Crippen LogP contribution in [-0.2, 0) is 25.3 Å². The fraction of sp³-hybridized carbons (Fsp3) is 0.692. The SMILES string of the molecule is CCCC[O][Ti]([O]CCCC)[C]1=CC=CC1. The van der Waals surface area contributed by atoms with Gasteiger partial charge in [0.2, 0.25) is 0 Å². The van der Waals surface area contributed by atoms with Crippen molar-refractivity contribution in [3.8, 4) is 0 Å². The van der Waals surface area contributed by atoms with Crippen LogP contribution < -0.4 is 0 Å². The maximum atomic E-state index is 5.95. The molecule has 0 heterocycles. The van der Waals surface area contributed by atoms with E-state index in [1.54, 1.807) is 0 Å². The zero-order valence-corrected chi connectivity index (χ0v) is 12.1. The van der Waals surface area contributed by atoms with Gasteiger partial charge in [-0.2, -0.15) is 0 Å². The third-order valence-electron chi connectivity index (χ3n) is 2.50. The fourth-order valence-corrected chi connectivity index (χ4v) is 3.99. The molecule has 3 heteroatoms. The number of allylic oxidation sites excluding steroid dienone is 4. The Bertz CT molecular complexity index is 226. The molecule has 0 saturated heterocycles. The van der Waals surface area contributed by atoms with Gasteiger partial charge in [0, 0.05) is 0 Å². The van der Waals surface area contributed by atoms with Gasteiger partial charge in [0.05, 0.1) is 0 Å². The van der Waals surface area contributed by atoms with E-state index in [1.165, 1.54) is 16.7 Å². The van der Waals surface area contributed by atoms with Crippen molar-refractivity contribution in [2.24, 2.45) is 0 Å². The third-order valence-corrected chi connectivity index (χ3v) is 5.35. The van der Waals surface area contributed by atoms with E-state index in [0.29, 0.717) is 0 Å². The topological polar surface area (TPSA) is 18.5 Å². The third kappa shape index (κ3) is 5.44. The number of hydrogen-bond acceptors (Lipinski definition) is 2. The molecule has 0 spiro atoms. The Balaban J connectivity index is 2.29. The summed E-state index contributed by atoms with van der Waals surface area (Å²) in [6.45, 7) is 6.12. The molecule has 0 radical (unpaired) electrons. The van der Waals surface area contributed by atoms with Crippen LogP contribution in [0.5, 0.6) is 0 Å². The number of hydrogen-bond donors (Lipinski definition) is 0. The Morgan fingerprint density at radius 3 is 2.19 bits per heavy atom. The Morgan fingerprint density at radius 2 is 1.75 bits per heavy atom. The first kappa shape index (κ1) is 14.2. The van der Waals surface area contributed by atoms with Gasteiger partial charge in [-0.3, -0.25) is 0 Å². The first-order valence-electron chi connectivity index (χ1n) is 6.37. The second-order valence-electron chi connectivity index (χ2n) is 4.02. The van der Waals surface area contributed by atoms with Crippen molar-refractivity contribution in [3.63, 3.8) is 0 Å². The molecule has 0 saturated carbocycles. The zero-order valence-electron chi connectivity index (χ0n) is 10.5. The molecule has 0 unspecified atom stereocenters. The average molecular weight is 259 g/mol. The summed E-state index contributed by atoms with van der Waals surface area (Å²) in [4.78, 5) is 0. The molecular formula is C13H23O2Ti. The fourth-order valence-electron chi connectivity index (χ4n) is 1.44. The normalized spacial score (nSPS) is 14.2. The van der Waals surface area contributed by atoms with Crippen molar-refractivity contribution in [1.82, 2.24) is 0 Å². The Morgan fingerprint density at radius 1 is 1.12 bits per heavy atom. The van der Waals surface area contributed by atoms with Gasteiger partial charge in [-0.15, -0.1) is 0 Å². The molecule has 0 N–H and O–H groups in total. The van der Waals surface area contributed by atoms with Crippen molar-refractivity contribution in [3.05, 3.63) is 22.1 Å². The van der Waals surface area contributed by atoms with Gasteiger partial charge in [-0.25, -0.2) is 0 Å². The quantitative estimate of drug-likeness (QED) is 0.461. The Kier molecular flexibility index (Phi) is 8.13. The van der Waals surface area contributed by atoms with E-state index < -0.39 is 18.6 Å². The molecule has 1 rings (SSSR count). The van der Waals surface area contributed by atoms with Crippen molar-refractivity contribution >= 4 is 0 Å². The molecule has 91 valence electrons. The first-order valence-corrected chi connectivity index (χ1v) is 8.42. The van der Waals surface area contributed by atoms with E-state index in [4.69, 9.17) is 6.64 Å². The van der Waals surface area contributed by atoms with Crippen LogP contribution in [0.15, 0.2) is 22.1 Å². The molecule has 1 aliphatic carbocycles. The van der Waals surface area contributed by atoms with Crippen molar-refractivity contribution in [1.29, 1.82) is 0 Å². The van der Waals surface area contributed by atoms with Gasteiger partial charge in [0.25, 0.3) is 0 Å². The van der Waals surface area contributed by atoms with E-state index in [-0.39, 0.29) is 0 Å². The summed E-state index contributed by atoms with van der Waals surface area (Å²) in [5.74, 6) is 0. The van der Waals surface area contributed by atoms with E-state index in [1.807, 2.05) is 0 Å². The second-order valence-corrected chi connectivity index (χ2v) is 6.82. The van der Waals surface area contributed by atoms with Crippen molar-refractivity contribution in [2.75, 3.05) is 13.2 Å². The van der Waals surface area contributed by atoms with Crippen molar-refractivity contribution in [2.45, 2.75) is 46.0 Å². The molecule has 0 aliphatic heterocycles.